The zero-order chi connectivity index (χ0) is 20.3. The first-order valence-electron chi connectivity index (χ1n) is 8.43. The van der Waals surface area contributed by atoms with E-state index in [4.69, 9.17) is 0 Å². The second-order valence-electron chi connectivity index (χ2n) is 6.25. The molecule has 3 aromatic rings. The monoisotopic (exact) mass is 400 g/mol. The average Bonchev–Trinajstić information content (AvgIpc) is 3.02. The molecule has 9 heteroatoms. The van der Waals surface area contributed by atoms with Gasteiger partial charge in [0.05, 0.1) is 10.5 Å². The molecule has 28 heavy (non-hydrogen) atoms. The van der Waals surface area contributed by atoms with Gasteiger partial charge in [-0.25, -0.2) is 8.42 Å². The highest BCUT2D eigenvalue weighted by Gasteiger charge is 2.18. The zero-order valence-corrected chi connectivity index (χ0v) is 15.8. The number of aromatic nitrogens is 1. The number of hydrogen-bond donors (Lipinski definition) is 2. The van der Waals surface area contributed by atoms with E-state index in [1.54, 1.807) is 29.9 Å². The van der Waals surface area contributed by atoms with Crippen LogP contribution >= 0.6 is 0 Å². The number of rotatable bonds is 7. The smallest absolute Gasteiger partial charge is 0.268 e. The average molecular weight is 400 g/mol. The van der Waals surface area contributed by atoms with Crippen molar-refractivity contribution in [2.45, 2.75) is 17.7 Å². The second-order valence-corrected chi connectivity index (χ2v) is 7.93. The van der Waals surface area contributed by atoms with Crippen LogP contribution in [-0.2, 0) is 28.3 Å². The Labute approximate surface area is 161 Å². The Bertz CT molecular complexity index is 1130. The van der Waals surface area contributed by atoms with Crippen molar-refractivity contribution in [3.8, 4) is 0 Å². The van der Waals surface area contributed by atoms with Crippen LogP contribution in [-0.4, -0.2) is 24.9 Å². The molecule has 0 saturated carbocycles. The number of carboxylic acids is 1. The predicted octanol–water partition coefficient (Wildman–Crippen LogP) is 0.484. The normalized spacial score (nSPS) is 11.5. The van der Waals surface area contributed by atoms with Gasteiger partial charge < -0.3 is 14.5 Å². The first-order valence-corrected chi connectivity index (χ1v) is 9.91. The number of sulfonamides is 1. The molecule has 0 aliphatic rings. The van der Waals surface area contributed by atoms with Crippen LogP contribution < -0.4 is 15.4 Å². The summed E-state index contributed by atoms with van der Waals surface area (Å²) < 4.78 is 26.5. The number of hydrazine groups is 1. The van der Waals surface area contributed by atoms with E-state index in [0.29, 0.717) is 16.5 Å². The zero-order valence-electron chi connectivity index (χ0n) is 15.0. The SMILES string of the molecule is Cn1cc(C(=O)NNS(=O)(=O)c2ccc(CCC(=O)[O-])cc2)c2ccccc21. The molecule has 0 aliphatic carbocycles. The molecule has 8 nitrogen and oxygen atoms in total. The molecule has 0 radical (unpaired) electrons. The van der Waals surface area contributed by atoms with E-state index in [1.807, 2.05) is 12.1 Å². The van der Waals surface area contributed by atoms with Gasteiger partial charge in [-0.1, -0.05) is 30.3 Å². The Morgan fingerprint density at radius 2 is 1.75 bits per heavy atom. The number of nitrogens with one attached hydrogen (secondary N) is 2. The molecule has 0 unspecified atom stereocenters. The van der Waals surface area contributed by atoms with Crippen molar-refractivity contribution >= 4 is 32.8 Å². The van der Waals surface area contributed by atoms with Crippen LogP contribution in [0.2, 0.25) is 0 Å². The van der Waals surface area contributed by atoms with Crippen molar-refractivity contribution in [2.75, 3.05) is 0 Å². The lowest BCUT2D eigenvalue weighted by molar-refractivity contribution is -0.305. The number of aryl methyl sites for hydroxylation is 2. The Morgan fingerprint density at radius 1 is 1.07 bits per heavy atom. The molecule has 2 N–H and O–H groups in total. The number of fused-ring (bicyclic) bond motifs is 1. The molecule has 1 aromatic heterocycles. The van der Waals surface area contributed by atoms with Crippen molar-refractivity contribution in [2.24, 2.45) is 7.05 Å². The summed E-state index contributed by atoms with van der Waals surface area (Å²) in [6.07, 6.45) is 1.72. The van der Waals surface area contributed by atoms with Gasteiger partial charge in [-0.2, -0.15) is 0 Å². The number of benzene rings is 2. The quantitative estimate of drug-likeness (QED) is 0.559. The minimum atomic E-state index is -3.98. The van der Waals surface area contributed by atoms with E-state index in [2.05, 4.69) is 10.3 Å². The molecule has 146 valence electrons. The van der Waals surface area contributed by atoms with E-state index in [0.717, 1.165) is 5.52 Å². The number of aliphatic carboxylic acids is 1. The summed E-state index contributed by atoms with van der Waals surface area (Å²) in [6, 6.07) is 13.0. The lowest BCUT2D eigenvalue weighted by Gasteiger charge is -2.09. The van der Waals surface area contributed by atoms with Crippen molar-refractivity contribution in [1.82, 2.24) is 14.8 Å². The first kappa shape index (κ1) is 19.6. The summed E-state index contributed by atoms with van der Waals surface area (Å²) in [5.41, 5.74) is 4.09. The molecule has 0 fully saturated rings. The van der Waals surface area contributed by atoms with Gasteiger partial charge in [-0.05, 0) is 36.6 Å². The summed E-state index contributed by atoms with van der Waals surface area (Å²) in [6.45, 7) is 0. The Kier molecular flexibility index (Phi) is 5.48. The molecule has 0 bridgehead atoms. The van der Waals surface area contributed by atoms with Crippen LogP contribution in [0.3, 0.4) is 0 Å². The third-order valence-electron chi connectivity index (χ3n) is 4.29. The van der Waals surface area contributed by atoms with Crippen molar-refractivity contribution in [1.29, 1.82) is 0 Å². The summed E-state index contributed by atoms with van der Waals surface area (Å²) >= 11 is 0. The maximum atomic E-state index is 12.4. The maximum Gasteiger partial charge on any atom is 0.268 e. The summed E-state index contributed by atoms with van der Waals surface area (Å²) in [7, 11) is -2.18. The van der Waals surface area contributed by atoms with Crippen LogP contribution in [0, 0.1) is 0 Å². The van der Waals surface area contributed by atoms with Gasteiger partial charge >= 0.3 is 0 Å². The minimum absolute atomic E-state index is 0.0529. The van der Waals surface area contributed by atoms with Crippen molar-refractivity contribution in [3.63, 3.8) is 0 Å². The van der Waals surface area contributed by atoms with Crippen LogP contribution in [0.15, 0.2) is 59.6 Å². The number of carbonyl (C=O) groups excluding carboxylic acids is 2. The number of nitrogens with zero attached hydrogens (tertiary/aromatic N) is 1. The Balaban J connectivity index is 1.70. The van der Waals surface area contributed by atoms with Gasteiger partial charge in [0.25, 0.3) is 15.9 Å². The van der Waals surface area contributed by atoms with Gasteiger partial charge in [-0.15, -0.1) is 4.83 Å². The molecular weight excluding hydrogens is 382 g/mol. The fraction of sp³-hybridized carbons (Fsp3) is 0.158. The van der Waals surface area contributed by atoms with Crippen LogP contribution in [0.5, 0.6) is 0 Å². The van der Waals surface area contributed by atoms with Gasteiger partial charge in [0, 0.05) is 30.1 Å². The van der Waals surface area contributed by atoms with E-state index in [1.165, 1.54) is 24.3 Å². The molecule has 0 saturated heterocycles. The van der Waals surface area contributed by atoms with Crippen molar-refractivity contribution in [3.05, 3.63) is 65.9 Å². The molecule has 1 heterocycles. The minimum Gasteiger partial charge on any atom is -0.550 e. The first-order chi connectivity index (χ1) is 13.3. The number of para-hydroxylation sites is 1. The summed E-state index contributed by atoms with van der Waals surface area (Å²) in [5.74, 6) is -1.75. The molecule has 3 rings (SSSR count). The van der Waals surface area contributed by atoms with Gasteiger partial charge in [0.15, 0.2) is 0 Å². The summed E-state index contributed by atoms with van der Waals surface area (Å²) in [5, 5.41) is 11.2. The highest BCUT2D eigenvalue weighted by Crippen LogP contribution is 2.20. The molecule has 0 aliphatic heterocycles. The van der Waals surface area contributed by atoms with E-state index in [-0.39, 0.29) is 17.7 Å². The van der Waals surface area contributed by atoms with Crippen LogP contribution in [0.4, 0.5) is 0 Å². The lowest BCUT2D eigenvalue weighted by atomic mass is 10.1. The predicted molar refractivity (Wildman–Crippen MR) is 100 cm³/mol. The third-order valence-corrected chi connectivity index (χ3v) is 5.56. The summed E-state index contributed by atoms with van der Waals surface area (Å²) in [4.78, 5) is 25.0. The molecule has 0 spiro atoms. The third kappa shape index (κ3) is 4.21. The van der Waals surface area contributed by atoms with Gasteiger partial charge in [-0.3, -0.25) is 10.2 Å². The molecular formula is C19H18N3O5S-. The fourth-order valence-electron chi connectivity index (χ4n) is 2.84. The molecule has 2 aromatic carbocycles. The standard InChI is InChI=1S/C19H19N3O5S/c1-22-12-16(15-4-2-3-5-17(15)22)19(25)20-21-28(26,27)14-9-6-13(7-10-14)8-11-18(23)24/h2-7,9-10,12,21H,8,11H2,1H3,(H,20,25)(H,23,24)/p-1. The number of hydrogen-bond acceptors (Lipinski definition) is 5. The lowest BCUT2D eigenvalue weighted by Crippen LogP contribution is -2.41. The topological polar surface area (TPSA) is 120 Å². The van der Waals surface area contributed by atoms with E-state index < -0.39 is 21.9 Å². The number of amides is 1. The highest BCUT2D eigenvalue weighted by molar-refractivity contribution is 7.89. The van der Waals surface area contributed by atoms with Gasteiger partial charge in [0.2, 0.25) is 0 Å². The highest BCUT2D eigenvalue weighted by atomic mass is 32.2. The van der Waals surface area contributed by atoms with E-state index in [9.17, 15) is 23.1 Å². The van der Waals surface area contributed by atoms with Crippen LogP contribution in [0.1, 0.15) is 22.3 Å². The second kappa shape index (κ2) is 7.83. The molecule has 0 atom stereocenters. The number of carbonyl (C=O) groups is 2. The Hall–Kier alpha value is -3.17. The molecule has 1 amide bonds. The largest absolute Gasteiger partial charge is 0.550 e. The van der Waals surface area contributed by atoms with E-state index >= 15 is 0 Å². The maximum absolute atomic E-state index is 12.4. The van der Waals surface area contributed by atoms with Crippen LogP contribution in [0.25, 0.3) is 10.9 Å². The Morgan fingerprint density at radius 3 is 2.43 bits per heavy atom. The fourth-order valence-corrected chi connectivity index (χ4v) is 3.68. The van der Waals surface area contributed by atoms with Gasteiger partial charge in [0.1, 0.15) is 0 Å². The number of carboxylic acid groups (broad SMARTS) is 1. The van der Waals surface area contributed by atoms with Crippen molar-refractivity contribution < 1.29 is 23.1 Å².